The van der Waals surface area contributed by atoms with Crippen LogP contribution in [0.1, 0.15) is 30.1 Å². The van der Waals surface area contributed by atoms with Crippen LogP contribution in [0.5, 0.6) is 0 Å². The molecule has 0 aliphatic heterocycles. The number of H-pyrrole nitrogens is 1. The molecule has 0 aliphatic carbocycles. The van der Waals surface area contributed by atoms with E-state index < -0.39 is 32.2 Å². The number of aromatic amines is 1. The van der Waals surface area contributed by atoms with E-state index in [0.29, 0.717) is 6.42 Å². The normalized spacial score (nSPS) is 10.8. The van der Waals surface area contributed by atoms with Gasteiger partial charge in [0.15, 0.2) is 0 Å². The smallest absolute Gasteiger partial charge is 0.744 e. The minimum Gasteiger partial charge on any atom is -0.744 e. The summed E-state index contributed by atoms with van der Waals surface area (Å²) < 4.78 is 33.6. The molecule has 1 aromatic heterocycles. The van der Waals surface area contributed by atoms with Crippen molar-refractivity contribution in [1.29, 1.82) is 0 Å². The van der Waals surface area contributed by atoms with Crippen molar-refractivity contribution in [3.63, 3.8) is 0 Å². The Kier molecular flexibility index (Phi) is 8.60. The van der Waals surface area contributed by atoms with E-state index in [1.807, 2.05) is 6.92 Å². The van der Waals surface area contributed by atoms with E-state index in [1.54, 1.807) is 0 Å². The standard InChI is InChI=1S/C15H17N3O6S.K/c1-2-3-8-18-14(20)12(9-16-15(18)21)17-13(19)10-4-6-11(7-5-10)25(22,23)24;/h4-7,9H,2-3,8H2,1H3,(H,16,21)(H,17,19)(H,22,23,24);/q;+1/p-1. The maximum atomic E-state index is 12.3. The summed E-state index contributed by atoms with van der Waals surface area (Å²) in [5.41, 5.74) is -1.26. The molecule has 9 nitrogen and oxygen atoms in total. The van der Waals surface area contributed by atoms with Crippen LogP contribution in [0, 0.1) is 0 Å². The number of anilines is 1. The molecule has 1 aromatic carbocycles. The molecule has 0 spiro atoms. The largest absolute Gasteiger partial charge is 1.00 e. The van der Waals surface area contributed by atoms with Crippen LogP contribution in [0.15, 0.2) is 44.9 Å². The van der Waals surface area contributed by atoms with Gasteiger partial charge in [0.25, 0.3) is 11.5 Å². The average Bonchev–Trinajstić information content (AvgIpc) is 2.56. The average molecular weight is 405 g/mol. The maximum absolute atomic E-state index is 12.3. The van der Waals surface area contributed by atoms with Crippen molar-refractivity contribution in [3.8, 4) is 0 Å². The molecule has 0 saturated carbocycles. The molecule has 26 heavy (non-hydrogen) atoms. The van der Waals surface area contributed by atoms with E-state index in [4.69, 9.17) is 0 Å². The Balaban J connectivity index is 0.00000338. The van der Waals surface area contributed by atoms with Crippen LogP contribution in [0.4, 0.5) is 5.69 Å². The first-order valence-electron chi connectivity index (χ1n) is 7.44. The van der Waals surface area contributed by atoms with Crippen molar-refractivity contribution in [2.45, 2.75) is 31.2 Å². The van der Waals surface area contributed by atoms with Gasteiger partial charge in [-0.3, -0.25) is 14.2 Å². The van der Waals surface area contributed by atoms with Gasteiger partial charge in [-0.25, -0.2) is 13.2 Å². The first kappa shape index (κ1) is 23.0. The van der Waals surface area contributed by atoms with Gasteiger partial charge in [0.05, 0.1) is 4.90 Å². The summed E-state index contributed by atoms with van der Waals surface area (Å²) in [5.74, 6) is -0.680. The number of hydrogen-bond donors (Lipinski definition) is 2. The molecular weight excluding hydrogens is 389 g/mol. The third kappa shape index (κ3) is 5.71. The Labute approximate surface area is 192 Å². The second kappa shape index (κ2) is 9.74. The number of nitrogens with one attached hydrogen (secondary N) is 2. The van der Waals surface area contributed by atoms with Gasteiger partial charge in [0, 0.05) is 18.3 Å². The van der Waals surface area contributed by atoms with E-state index in [0.717, 1.165) is 41.5 Å². The number of unbranched alkanes of at least 4 members (excludes halogenated alkanes) is 1. The number of amides is 1. The molecule has 11 heteroatoms. The van der Waals surface area contributed by atoms with Crippen molar-refractivity contribution in [2.75, 3.05) is 5.32 Å². The monoisotopic (exact) mass is 405 g/mol. The zero-order chi connectivity index (χ0) is 18.6. The van der Waals surface area contributed by atoms with E-state index in [9.17, 15) is 27.4 Å². The Morgan fingerprint density at radius 1 is 1.23 bits per heavy atom. The van der Waals surface area contributed by atoms with Crippen LogP contribution in [0.25, 0.3) is 0 Å². The van der Waals surface area contributed by atoms with Gasteiger partial charge in [0.1, 0.15) is 15.8 Å². The van der Waals surface area contributed by atoms with Gasteiger partial charge >= 0.3 is 57.1 Å². The SMILES string of the molecule is CCCCn1c(=O)[nH]cc(NC(=O)c2ccc(S(=O)(=O)[O-])cc2)c1=O.[K+]. The quantitative estimate of drug-likeness (QED) is 0.402. The fourth-order valence-corrected chi connectivity index (χ4v) is 2.56. The van der Waals surface area contributed by atoms with Crippen molar-refractivity contribution in [1.82, 2.24) is 9.55 Å². The second-order valence-corrected chi connectivity index (χ2v) is 6.63. The fraction of sp³-hybridized carbons (Fsp3) is 0.267. The Morgan fingerprint density at radius 3 is 2.38 bits per heavy atom. The minimum atomic E-state index is -4.60. The molecule has 0 unspecified atom stereocenters. The Morgan fingerprint density at radius 2 is 1.85 bits per heavy atom. The molecular formula is C15H16KN3O6S. The summed E-state index contributed by atoms with van der Waals surface area (Å²) in [7, 11) is -4.60. The Hall–Kier alpha value is -1.08. The van der Waals surface area contributed by atoms with Gasteiger partial charge in [-0.15, -0.1) is 0 Å². The third-order valence-electron chi connectivity index (χ3n) is 3.45. The number of carbonyl (C=O) groups is 1. The predicted octanol–water partition coefficient (Wildman–Crippen LogP) is -2.50. The minimum absolute atomic E-state index is 0. The topological polar surface area (TPSA) is 141 Å². The number of nitrogens with zero attached hydrogens (tertiary/aromatic N) is 1. The molecule has 1 heterocycles. The number of carbonyl (C=O) groups excluding carboxylic acids is 1. The summed E-state index contributed by atoms with van der Waals surface area (Å²) >= 11 is 0. The summed E-state index contributed by atoms with van der Waals surface area (Å²) in [6.07, 6.45) is 2.52. The maximum Gasteiger partial charge on any atom is 1.00 e. The van der Waals surface area contributed by atoms with E-state index in [1.165, 1.54) is 0 Å². The van der Waals surface area contributed by atoms with E-state index >= 15 is 0 Å². The molecule has 2 rings (SSSR count). The van der Waals surface area contributed by atoms with Crippen LogP contribution in [0.3, 0.4) is 0 Å². The number of rotatable bonds is 6. The van der Waals surface area contributed by atoms with E-state index in [2.05, 4.69) is 10.3 Å². The zero-order valence-corrected chi connectivity index (χ0v) is 18.3. The molecule has 134 valence electrons. The molecule has 0 fully saturated rings. The zero-order valence-electron chi connectivity index (χ0n) is 14.3. The van der Waals surface area contributed by atoms with Gasteiger partial charge in [-0.2, -0.15) is 0 Å². The summed E-state index contributed by atoms with van der Waals surface area (Å²) in [5, 5.41) is 2.36. The summed E-state index contributed by atoms with van der Waals surface area (Å²) in [6, 6.07) is 4.32. The van der Waals surface area contributed by atoms with Crippen LogP contribution in [-0.2, 0) is 16.7 Å². The Bertz CT molecular complexity index is 995. The molecule has 0 aliphatic rings. The molecule has 1 amide bonds. The molecule has 0 atom stereocenters. The number of hydrogen-bond acceptors (Lipinski definition) is 6. The third-order valence-corrected chi connectivity index (χ3v) is 4.30. The van der Waals surface area contributed by atoms with E-state index in [-0.39, 0.29) is 69.2 Å². The number of aromatic nitrogens is 2. The van der Waals surface area contributed by atoms with Gasteiger partial charge in [0.2, 0.25) is 0 Å². The van der Waals surface area contributed by atoms with Crippen molar-refractivity contribution in [3.05, 3.63) is 56.9 Å². The van der Waals surface area contributed by atoms with Crippen LogP contribution < -0.4 is 68.0 Å². The van der Waals surface area contributed by atoms with Crippen LogP contribution in [0.2, 0.25) is 0 Å². The van der Waals surface area contributed by atoms with Crippen LogP contribution >= 0.6 is 0 Å². The van der Waals surface area contributed by atoms with Crippen molar-refractivity contribution < 1.29 is 69.1 Å². The predicted molar refractivity (Wildman–Crippen MR) is 88.6 cm³/mol. The second-order valence-electron chi connectivity index (χ2n) is 5.25. The molecule has 0 radical (unpaired) electrons. The van der Waals surface area contributed by atoms with Gasteiger partial charge < -0.3 is 14.9 Å². The summed E-state index contributed by atoms with van der Waals surface area (Å²) in [4.78, 5) is 38.0. The molecule has 0 bridgehead atoms. The summed E-state index contributed by atoms with van der Waals surface area (Å²) in [6.45, 7) is 2.14. The molecule has 2 N–H and O–H groups in total. The molecule has 2 aromatic rings. The van der Waals surface area contributed by atoms with Gasteiger partial charge in [-0.05, 0) is 30.7 Å². The first-order valence-corrected chi connectivity index (χ1v) is 8.84. The van der Waals surface area contributed by atoms with Crippen LogP contribution in [-0.4, -0.2) is 28.4 Å². The number of benzene rings is 1. The van der Waals surface area contributed by atoms with Gasteiger partial charge in [-0.1, -0.05) is 13.3 Å². The van der Waals surface area contributed by atoms with Crippen molar-refractivity contribution >= 4 is 21.7 Å². The molecule has 0 saturated heterocycles. The first-order chi connectivity index (χ1) is 11.7. The van der Waals surface area contributed by atoms with Crippen molar-refractivity contribution in [2.24, 2.45) is 0 Å². The fourth-order valence-electron chi connectivity index (χ4n) is 2.09.